The number of allylic oxidation sites excluding steroid dienone is 1. The van der Waals surface area contributed by atoms with Crippen molar-refractivity contribution in [3.05, 3.63) is 78.4 Å². The summed E-state index contributed by atoms with van der Waals surface area (Å²) >= 11 is 1.31. The predicted molar refractivity (Wildman–Crippen MR) is 121 cm³/mol. The molecule has 0 saturated heterocycles. The van der Waals surface area contributed by atoms with Crippen molar-refractivity contribution in [3.8, 4) is 5.75 Å². The number of ether oxygens (including phenoxy) is 1. The van der Waals surface area contributed by atoms with Crippen molar-refractivity contribution >= 4 is 23.4 Å². The fourth-order valence-electron chi connectivity index (χ4n) is 3.03. The van der Waals surface area contributed by atoms with Crippen molar-refractivity contribution in [1.82, 2.24) is 14.8 Å². The van der Waals surface area contributed by atoms with Crippen LogP contribution in [0.4, 0.5) is 10.1 Å². The second-order valence-electron chi connectivity index (χ2n) is 6.84. The Kier molecular flexibility index (Phi) is 8.23. The van der Waals surface area contributed by atoms with E-state index in [-0.39, 0.29) is 17.5 Å². The van der Waals surface area contributed by atoms with Crippen LogP contribution in [0.25, 0.3) is 0 Å². The number of amides is 1. The van der Waals surface area contributed by atoms with E-state index in [1.807, 2.05) is 16.7 Å². The zero-order chi connectivity index (χ0) is 22.1. The van der Waals surface area contributed by atoms with Gasteiger partial charge in [-0.05, 0) is 54.8 Å². The van der Waals surface area contributed by atoms with E-state index in [4.69, 9.17) is 4.74 Å². The second kappa shape index (κ2) is 11.3. The number of halogens is 1. The minimum Gasteiger partial charge on any atom is -0.497 e. The van der Waals surface area contributed by atoms with Crippen LogP contribution in [0.5, 0.6) is 5.75 Å². The third-order valence-electron chi connectivity index (χ3n) is 4.59. The third-order valence-corrected chi connectivity index (χ3v) is 5.56. The number of nitrogens with one attached hydrogen (secondary N) is 1. The zero-order valence-corrected chi connectivity index (χ0v) is 18.2. The molecule has 1 heterocycles. The largest absolute Gasteiger partial charge is 0.497 e. The van der Waals surface area contributed by atoms with E-state index in [2.05, 4.69) is 34.2 Å². The van der Waals surface area contributed by atoms with Crippen molar-refractivity contribution in [2.24, 2.45) is 0 Å². The van der Waals surface area contributed by atoms with Crippen LogP contribution in [0, 0.1) is 5.82 Å². The molecule has 31 heavy (non-hydrogen) atoms. The van der Waals surface area contributed by atoms with Crippen molar-refractivity contribution in [3.63, 3.8) is 0 Å². The lowest BCUT2D eigenvalue weighted by Crippen LogP contribution is -2.14. The summed E-state index contributed by atoms with van der Waals surface area (Å²) in [6, 6.07) is 13.7. The van der Waals surface area contributed by atoms with Crippen LogP contribution >= 0.6 is 11.8 Å². The van der Waals surface area contributed by atoms with Crippen LogP contribution in [-0.4, -0.2) is 33.5 Å². The van der Waals surface area contributed by atoms with Gasteiger partial charge in [0.2, 0.25) is 5.91 Å². The fraction of sp³-hybridized carbons (Fsp3) is 0.261. The van der Waals surface area contributed by atoms with Gasteiger partial charge in [-0.2, -0.15) is 0 Å². The van der Waals surface area contributed by atoms with Gasteiger partial charge in [0.1, 0.15) is 17.4 Å². The zero-order valence-electron chi connectivity index (χ0n) is 17.4. The lowest BCUT2D eigenvalue weighted by Gasteiger charge is -2.08. The normalized spacial score (nSPS) is 10.6. The summed E-state index contributed by atoms with van der Waals surface area (Å²) < 4.78 is 20.2. The van der Waals surface area contributed by atoms with Gasteiger partial charge in [-0.3, -0.25) is 4.79 Å². The van der Waals surface area contributed by atoms with Crippen LogP contribution in [0.1, 0.15) is 17.8 Å². The smallest absolute Gasteiger partial charge is 0.234 e. The van der Waals surface area contributed by atoms with E-state index in [1.165, 1.54) is 41.6 Å². The Bertz CT molecular complexity index is 1000. The SMILES string of the molecule is C=CCn1c(CCCc2ccc(OC)cc2)nnc1SCC(=O)Nc1ccc(F)cc1. The molecule has 6 nitrogen and oxygen atoms in total. The maximum Gasteiger partial charge on any atom is 0.234 e. The highest BCUT2D eigenvalue weighted by atomic mass is 32.2. The maximum atomic E-state index is 13.0. The number of benzene rings is 2. The van der Waals surface area contributed by atoms with Crippen LogP contribution in [-0.2, 0) is 24.2 Å². The first kappa shape index (κ1) is 22.6. The molecule has 0 aliphatic carbocycles. The Morgan fingerprint density at radius 3 is 2.58 bits per heavy atom. The molecule has 0 fully saturated rings. The molecule has 8 heteroatoms. The summed E-state index contributed by atoms with van der Waals surface area (Å²) in [5, 5.41) is 12.0. The first-order valence-corrected chi connectivity index (χ1v) is 10.9. The van der Waals surface area contributed by atoms with E-state index in [1.54, 1.807) is 13.2 Å². The van der Waals surface area contributed by atoms with Crippen molar-refractivity contribution in [2.45, 2.75) is 31.0 Å². The summed E-state index contributed by atoms with van der Waals surface area (Å²) in [6.45, 7) is 4.39. The molecule has 2 aromatic carbocycles. The monoisotopic (exact) mass is 440 g/mol. The van der Waals surface area contributed by atoms with Gasteiger partial charge in [0.25, 0.3) is 0 Å². The summed E-state index contributed by atoms with van der Waals surface area (Å²) in [7, 11) is 1.66. The molecule has 1 N–H and O–H groups in total. The summed E-state index contributed by atoms with van der Waals surface area (Å²) in [4.78, 5) is 12.2. The highest BCUT2D eigenvalue weighted by Gasteiger charge is 2.13. The van der Waals surface area contributed by atoms with Crippen molar-refractivity contribution in [1.29, 1.82) is 0 Å². The molecule has 1 amide bonds. The van der Waals surface area contributed by atoms with Gasteiger partial charge in [-0.15, -0.1) is 16.8 Å². The maximum absolute atomic E-state index is 13.0. The molecule has 0 radical (unpaired) electrons. The minimum absolute atomic E-state index is 0.179. The molecular formula is C23H25FN4O2S. The Morgan fingerprint density at radius 2 is 1.90 bits per heavy atom. The molecule has 3 aromatic rings. The van der Waals surface area contributed by atoms with Gasteiger partial charge < -0.3 is 14.6 Å². The van der Waals surface area contributed by atoms with Crippen LogP contribution in [0.3, 0.4) is 0 Å². The number of aryl methyl sites for hydroxylation is 2. The number of hydrogen-bond donors (Lipinski definition) is 1. The molecule has 0 bridgehead atoms. The molecule has 0 spiro atoms. The molecule has 0 aliphatic rings. The number of carbonyl (C=O) groups excluding carboxylic acids is 1. The Hall–Kier alpha value is -3.13. The average molecular weight is 441 g/mol. The van der Waals surface area contributed by atoms with Gasteiger partial charge in [0.05, 0.1) is 12.9 Å². The molecule has 0 atom stereocenters. The van der Waals surface area contributed by atoms with E-state index in [0.717, 1.165) is 30.8 Å². The number of anilines is 1. The molecule has 162 valence electrons. The van der Waals surface area contributed by atoms with E-state index >= 15 is 0 Å². The van der Waals surface area contributed by atoms with Crippen molar-refractivity contribution in [2.75, 3.05) is 18.2 Å². The Balaban J connectivity index is 1.54. The summed E-state index contributed by atoms with van der Waals surface area (Å²) in [6.07, 6.45) is 4.42. The lowest BCUT2D eigenvalue weighted by atomic mass is 10.1. The van der Waals surface area contributed by atoms with Gasteiger partial charge in [0, 0.05) is 18.7 Å². The molecule has 0 aliphatic heterocycles. The standard InChI is InChI=1S/C23H25FN4O2S/c1-3-15-28-21(6-4-5-17-7-13-20(30-2)14-8-17)26-27-23(28)31-16-22(29)25-19-11-9-18(24)10-12-19/h3,7-14H,1,4-6,15-16H2,2H3,(H,25,29). The Morgan fingerprint density at radius 1 is 1.16 bits per heavy atom. The number of rotatable bonds is 11. The highest BCUT2D eigenvalue weighted by Crippen LogP contribution is 2.20. The number of thioether (sulfide) groups is 1. The van der Waals surface area contributed by atoms with Gasteiger partial charge in [-0.1, -0.05) is 30.0 Å². The number of aromatic nitrogens is 3. The van der Waals surface area contributed by atoms with E-state index in [9.17, 15) is 9.18 Å². The van der Waals surface area contributed by atoms with E-state index in [0.29, 0.717) is 17.4 Å². The number of hydrogen-bond acceptors (Lipinski definition) is 5. The number of nitrogens with zero attached hydrogens (tertiary/aromatic N) is 3. The minimum atomic E-state index is -0.343. The first-order chi connectivity index (χ1) is 15.1. The fourth-order valence-corrected chi connectivity index (χ4v) is 3.79. The lowest BCUT2D eigenvalue weighted by molar-refractivity contribution is -0.113. The average Bonchev–Trinajstić information content (AvgIpc) is 3.16. The van der Waals surface area contributed by atoms with Crippen LogP contribution < -0.4 is 10.1 Å². The number of carbonyl (C=O) groups is 1. The van der Waals surface area contributed by atoms with Crippen LogP contribution in [0.2, 0.25) is 0 Å². The van der Waals surface area contributed by atoms with Gasteiger partial charge in [-0.25, -0.2) is 4.39 Å². The quantitative estimate of drug-likeness (QED) is 0.351. The highest BCUT2D eigenvalue weighted by molar-refractivity contribution is 7.99. The first-order valence-electron chi connectivity index (χ1n) is 9.93. The molecule has 3 rings (SSSR count). The van der Waals surface area contributed by atoms with Gasteiger partial charge >= 0.3 is 0 Å². The predicted octanol–water partition coefficient (Wildman–Crippen LogP) is 4.52. The summed E-state index contributed by atoms with van der Waals surface area (Å²) in [5.41, 5.74) is 1.79. The molecule has 0 saturated carbocycles. The van der Waals surface area contributed by atoms with Gasteiger partial charge in [0.15, 0.2) is 5.16 Å². The second-order valence-corrected chi connectivity index (χ2v) is 7.79. The van der Waals surface area contributed by atoms with Crippen molar-refractivity contribution < 1.29 is 13.9 Å². The molecule has 1 aromatic heterocycles. The summed E-state index contributed by atoms with van der Waals surface area (Å²) in [5.74, 6) is 1.36. The third kappa shape index (κ3) is 6.68. The Labute approximate surface area is 185 Å². The van der Waals surface area contributed by atoms with Crippen LogP contribution in [0.15, 0.2) is 66.3 Å². The topological polar surface area (TPSA) is 69.0 Å². The molecular weight excluding hydrogens is 415 g/mol. The molecule has 0 unspecified atom stereocenters. The number of methoxy groups -OCH3 is 1. The van der Waals surface area contributed by atoms with E-state index < -0.39 is 0 Å².